The van der Waals surface area contributed by atoms with E-state index in [0.717, 1.165) is 18.4 Å². The van der Waals surface area contributed by atoms with Crippen LogP contribution in [0.4, 0.5) is 4.79 Å². The maximum absolute atomic E-state index is 13.0. The Labute approximate surface area is 186 Å². The molecule has 0 aliphatic heterocycles. The first-order valence-electron chi connectivity index (χ1n) is 10.6. The Hall–Kier alpha value is -1.11. The molecular weight excluding hydrogens is 431 g/mol. The van der Waals surface area contributed by atoms with Gasteiger partial charge < -0.3 is 14.6 Å². The van der Waals surface area contributed by atoms with Crippen LogP contribution in [-0.2, 0) is 19.1 Å². The van der Waals surface area contributed by atoms with E-state index in [2.05, 4.69) is 13.0 Å². The van der Waals surface area contributed by atoms with Crippen molar-refractivity contribution < 1.29 is 29.0 Å². The molecule has 3 fully saturated rings. The lowest BCUT2D eigenvalue weighted by Crippen LogP contribution is -2.62. The van der Waals surface area contributed by atoms with Crippen molar-refractivity contribution in [3.63, 3.8) is 0 Å². The number of hydrogen-bond acceptors (Lipinski definition) is 6. The maximum Gasteiger partial charge on any atom is 0.404 e. The summed E-state index contributed by atoms with van der Waals surface area (Å²) in [6, 6.07) is -0.353. The van der Waals surface area contributed by atoms with E-state index in [-0.39, 0.29) is 47.9 Å². The normalized spacial score (nSPS) is 45.0. The molecule has 0 aromatic carbocycles. The van der Waals surface area contributed by atoms with Crippen LogP contribution in [0.3, 0.4) is 0 Å². The van der Waals surface area contributed by atoms with Gasteiger partial charge in [0.05, 0.1) is 6.10 Å². The number of Topliss-reactive ketones (excluding diaryl/α,β-unsaturated/α-hetero) is 1. The summed E-state index contributed by atoms with van der Waals surface area (Å²) >= 11 is 11.2. The zero-order valence-corrected chi connectivity index (χ0v) is 18.8. The summed E-state index contributed by atoms with van der Waals surface area (Å²) in [6.07, 6.45) is 5.15. The smallest absolute Gasteiger partial charge is 0.404 e. The van der Waals surface area contributed by atoms with Crippen molar-refractivity contribution >= 4 is 40.4 Å². The first kappa shape index (κ1) is 22.1. The van der Waals surface area contributed by atoms with Gasteiger partial charge in [-0.05, 0) is 55.3 Å². The first-order chi connectivity index (χ1) is 14.1. The molecule has 0 aromatic rings. The van der Waals surface area contributed by atoms with Crippen LogP contribution in [-0.4, -0.2) is 40.1 Å². The Morgan fingerprint density at radius 1 is 1.30 bits per heavy atom. The second kappa shape index (κ2) is 7.49. The van der Waals surface area contributed by atoms with Crippen LogP contribution in [0.15, 0.2) is 11.6 Å². The molecule has 0 saturated heterocycles. The number of carbonyl (C=O) groups is 3. The van der Waals surface area contributed by atoms with Crippen molar-refractivity contribution in [1.82, 2.24) is 0 Å². The second-order valence-corrected chi connectivity index (χ2v) is 10.4. The highest BCUT2D eigenvalue weighted by Gasteiger charge is 2.71. The van der Waals surface area contributed by atoms with Crippen LogP contribution >= 0.6 is 23.2 Å². The Morgan fingerprint density at radius 3 is 2.70 bits per heavy atom. The molecule has 3 saturated carbocycles. The number of fused-ring (bicyclic) bond motifs is 5. The van der Waals surface area contributed by atoms with E-state index >= 15 is 0 Å². The number of rotatable bonds is 3. The Balaban J connectivity index is 1.75. The summed E-state index contributed by atoms with van der Waals surface area (Å²) in [6.45, 7) is 4.06. The van der Waals surface area contributed by atoms with Gasteiger partial charge in [-0.15, -0.1) is 0 Å². The standard InChI is InChI=1S/C22H28Cl2O6/c1-20-7-5-13(25)9-12(20)3-4-14-15-6-8-22(30-19(24)28,18(27)29-11-23)21(15,2)10-16(26)17(14)20/h3,14-17,26H,4-11H2,1-2H3/t14?,15?,16?,17?,20?,21?,22-/m0/s1. The topological polar surface area (TPSA) is 89.9 Å². The number of esters is 1. The number of allylic oxidation sites excluding steroid dienone is 2. The van der Waals surface area contributed by atoms with E-state index in [0.29, 0.717) is 19.3 Å². The largest absolute Gasteiger partial charge is 0.446 e. The summed E-state index contributed by atoms with van der Waals surface area (Å²) in [4.78, 5) is 36.8. The molecule has 6 unspecified atom stereocenters. The van der Waals surface area contributed by atoms with E-state index in [9.17, 15) is 19.5 Å². The molecule has 0 amide bonds. The summed E-state index contributed by atoms with van der Waals surface area (Å²) in [5, 5.41) is 11.4. The number of ketones is 1. The van der Waals surface area contributed by atoms with Gasteiger partial charge in [-0.3, -0.25) is 4.79 Å². The Morgan fingerprint density at radius 2 is 2.03 bits per heavy atom. The van der Waals surface area contributed by atoms with Gasteiger partial charge in [0, 0.05) is 29.9 Å². The average Bonchev–Trinajstić information content (AvgIpc) is 2.94. The maximum atomic E-state index is 13.0. The lowest BCUT2D eigenvalue weighted by molar-refractivity contribution is -0.194. The van der Waals surface area contributed by atoms with Crippen LogP contribution in [0.25, 0.3) is 0 Å². The molecule has 0 heterocycles. The van der Waals surface area contributed by atoms with E-state index < -0.39 is 28.5 Å². The molecular formula is C22H28Cl2O6. The van der Waals surface area contributed by atoms with Gasteiger partial charge in [0.15, 0.2) is 6.07 Å². The molecule has 8 heteroatoms. The number of aliphatic hydroxyl groups is 1. The zero-order valence-electron chi connectivity index (χ0n) is 17.3. The summed E-state index contributed by atoms with van der Waals surface area (Å²) in [7, 11) is 0. The number of carbonyl (C=O) groups excluding carboxylic acids is 3. The number of hydrogen-bond donors (Lipinski definition) is 1. The van der Waals surface area contributed by atoms with E-state index in [1.54, 1.807) is 0 Å². The Bertz CT molecular complexity index is 811. The van der Waals surface area contributed by atoms with Gasteiger partial charge in [0.2, 0.25) is 5.60 Å². The monoisotopic (exact) mass is 458 g/mol. The van der Waals surface area contributed by atoms with Crippen molar-refractivity contribution in [2.24, 2.45) is 28.6 Å². The molecule has 0 radical (unpaired) electrons. The molecule has 4 aliphatic rings. The summed E-state index contributed by atoms with van der Waals surface area (Å²) in [5.74, 6) is -0.304. The van der Waals surface area contributed by atoms with Gasteiger partial charge >= 0.3 is 11.4 Å². The molecule has 0 aromatic heterocycles. The third kappa shape index (κ3) is 2.97. The van der Waals surface area contributed by atoms with Crippen LogP contribution in [0, 0.1) is 28.6 Å². The van der Waals surface area contributed by atoms with Crippen molar-refractivity contribution in [2.75, 3.05) is 6.07 Å². The lowest BCUT2D eigenvalue weighted by Gasteiger charge is -2.59. The zero-order chi connectivity index (χ0) is 21.9. The van der Waals surface area contributed by atoms with E-state index in [1.807, 2.05) is 6.92 Å². The molecule has 4 aliphatic carbocycles. The molecule has 6 nitrogen and oxygen atoms in total. The SMILES string of the molecule is CC12CCC(=O)CC1=CCC1C2C(O)CC2(C)C1CC[C@]2(OC(=O)Cl)C(=O)OCCl. The minimum Gasteiger partial charge on any atom is -0.446 e. The number of aliphatic hydroxyl groups excluding tert-OH is 1. The third-order valence-electron chi connectivity index (χ3n) is 8.76. The molecule has 166 valence electrons. The van der Waals surface area contributed by atoms with Crippen LogP contribution in [0.1, 0.15) is 58.8 Å². The minimum absolute atomic E-state index is 0.00442. The van der Waals surface area contributed by atoms with Crippen molar-refractivity contribution in [2.45, 2.75) is 70.5 Å². The van der Waals surface area contributed by atoms with Crippen LogP contribution in [0.2, 0.25) is 0 Å². The molecule has 7 atom stereocenters. The van der Waals surface area contributed by atoms with Gasteiger partial charge in [0.1, 0.15) is 5.78 Å². The minimum atomic E-state index is -1.56. The fraction of sp³-hybridized carbons (Fsp3) is 0.773. The molecule has 30 heavy (non-hydrogen) atoms. The fourth-order valence-electron chi connectivity index (χ4n) is 7.44. The quantitative estimate of drug-likeness (QED) is 0.292. The lowest BCUT2D eigenvalue weighted by atomic mass is 9.46. The number of alkyl halides is 1. The highest BCUT2D eigenvalue weighted by molar-refractivity contribution is 6.61. The molecule has 0 spiro atoms. The first-order valence-corrected chi connectivity index (χ1v) is 11.5. The van der Waals surface area contributed by atoms with Gasteiger partial charge in [-0.1, -0.05) is 37.1 Å². The van der Waals surface area contributed by atoms with Gasteiger partial charge in [0.25, 0.3) is 0 Å². The van der Waals surface area contributed by atoms with Crippen molar-refractivity contribution in [3.8, 4) is 0 Å². The third-order valence-corrected chi connectivity index (χ3v) is 8.95. The second-order valence-electron chi connectivity index (χ2n) is 9.83. The van der Waals surface area contributed by atoms with Gasteiger partial charge in [-0.2, -0.15) is 0 Å². The van der Waals surface area contributed by atoms with Crippen LogP contribution < -0.4 is 0 Å². The molecule has 1 N–H and O–H groups in total. The van der Waals surface area contributed by atoms with Gasteiger partial charge in [-0.25, -0.2) is 9.59 Å². The highest BCUT2D eigenvalue weighted by atomic mass is 35.5. The average molecular weight is 459 g/mol. The number of ether oxygens (including phenoxy) is 2. The summed E-state index contributed by atoms with van der Waals surface area (Å²) < 4.78 is 10.6. The van der Waals surface area contributed by atoms with E-state index in [1.165, 1.54) is 0 Å². The highest BCUT2D eigenvalue weighted by Crippen LogP contribution is 2.68. The fourth-order valence-corrected chi connectivity index (χ4v) is 7.68. The van der Waals surface area contributed by atoms with E-state index in [4.69, 9.17) is 32.7 Å². The summed E-state index contributed by atoms with van der Waals surface area (Å²) in [5.41, 5.74) is -2.55. The van der Waals surface area contributed by atoms with Crippen molar-refractivity contribution in [3.05, 3.63) is 11.6 Å². The molecule has 4 rings (SSSR count). The number of halogens is 2. The molecule has 0 bridgehead atoms. The Kier molecular flexibility index (Phi) is 5.52. The predicted molar refractivity (Wildman–Crippen MR) is 110 cm³/mol. The van der Waals surface area contributed by atoms with Crippen molar-refractivity contribution in [1.29, 1.82) is 0 Å². The van der Waals surface area contributed by atoms with Crippen LogP contribution in [0.5, 0.6) is 0 Å². The predicted octanol–water partition coefficient (Wildman–Crippen LogP) is 4.34.